The smallest absolute Gasteiger partial charge is 0.246 e. The molecule has 1 atom stereocenters. The van der Waals surface area contributed by atoms with Crippen LogP contribution in [0.5, 0.6) is 0 Å². The number of fused-ring (bicyclic) bond motifs is 1. The summed E-state index contributed by atoms with van der Waals surface area (Å²) in [5.41, 5.74) is 3.80. The Morgan fingerprint density at radius 3 is 2.35 bits per heavy atom. The van der Waals surface area contributed by atoms with Gasteiger partial charge >= 0.3 is 0 Å². The largest absolute Gasteiger partial charge is 0.392 e. The number of amides is 1. The molecule has 1 aromatic heterocycles. The van der Waals surface area contributed by atoms with Crippen LogP contribution in [0.2, 0.25) is 0 Å². The van der Waals surface area contributed by atoms with Crippen molar-refractivity contribution in [1.82, 2.24) is 19.9 Å². The standard InChI is InChI=1S/C20H22N4O2/c25-14-16-7-5-15(6-8-16)11-17-9-10-23(12-17)20(26)13-24-21-18-3-1-2-4-19(18)22-24/h1-8,17,25H,9-14H2. The van der Waals surface area contributed by atoms with E-state index in [1.165, 1.54) is 10.4 Å². The first kappa shape index (κ1) is 16.7. The molecule has 1 amide bonds. The van der Waals surface area contributed by atoms with Crippen LogP contribution in [0.1, 0.15) is 17.5 Å². The molecular formula is C20H22N4O2. The van der Waals surface area contributed by atoms with Crippen LogP contribution in [0.25, 0.3) is 11.0 Å². The van der Waals surface area contributed by atoms with Gasteiger partial charge in [0.15, 0.2) is 0 Å². The molecule has 0 saturated carbocycles. The molecule has 1 N–H and O–H groups in total. The highest BCUT2D eigenvalue weighted by molar-refractivity contribution is 5.77. The third kappa shape index (κ3) is 3.60. The molecule has 4 rings (SSSR count). The van der Waals surface area contributed by atoms with Crippen LogP contribution in [0, 0.1) is 5.92 Å². The molecule has 6 heteroatoms. The Labute approximate surface area is 152 Å². The summed E-state index contributed by atoms with van der Waals surface area (Å²) >= 11 is 0. The average Bonchev–Trinajstić information content (AvgIpc) is 3.28. The predicted molar refractivity (Wildman–Crippen MR) is 98.3 cm³/mol. The third-order valence-electron chi connectivity index (χ3n) is 4.97. The molecule has 134 valence electrons. The van der Waals surface area contributed by atoms with Crippen LogP contribution in [-0.4, -0.2) is 44.0 Å². The third-order valence-corrected chi connectivity index (χ3v) is 4.97. The highest BCUT2D eigenvalue weighted by Gasteiger charge is 2.26. The van der Waals surface area contributed by atoms with Gasteiger partial charge in [-0.1, -0.05) is 36.4 Å². The SMILES string of the molecule is O=C(Cn1nc2ccccc2n1)N1CCC(Cc2ccc(CO)cc2)C1. The summed E-state index contributed by atoms with van der Waals surface area (Å²) in [7, 11) is 0. The maximum absolute atomic E-state index is 12.6. The molecule has 6 nitrogen and oxygen atoms in total. The van der Waals surface area contributed by atoms with Crippen LogP contribution >= 0.6 is 0 Å². The molecule has 0 bridgehead atoms. The minimum absolute atomic E-state index is 0.0719. The number of nitrogens with zero attached hydrogens (tertiary/aromatic N) is 4. The zero-order valence-electron chi connectivity index (χ0n) is 14.6. The molecular weight excluding hydrogens is 328 g/mol. The van der Waals surface area contributed by atoms with Crippen LogP contribution in [0.4, 0.5) is 0 Å². The van der Waals surface area contributed by atoms with Gasteiger partial charge in [-0.25, -0.2) is 0 Å². The van der Waals surface area contributed by atoms with Gasteiger partial charge < -0.3 is 10.0 Å². The van der Waals surface area contributed by atoms with Crippen molar-refractivity contribution >= 4 is 16.9 Å². The number of carbonyl (C=O) groups is 1. The second-order valence-electron chi connectivity index (χ2n) is 6.89. The zero-order chi connectivity index (χ0) is 17.9. The Hall–Kier alpha value is -2.73. The van der Waals surface area contributed by atoms with Crippen LogP contribution < -0.4 is 0 Å². The number of likely N-dealkylation sites (tertiary alicyclic amines) is 1. The van der Waals surface area contributed by atoms with E-state index in [9.17, 15) is 4.79 Å². The Kier molecular flexibility index (Phi) is 4.67. The monoisotopic (exact) mass is 350 g/mol. The lowest BCUT2D eigenvalue weighted by Gasteiger charge is -2.16. The number of hydrogen-bond donors (Lipinski definition) is 1. The summed E-state index contributed by atoms with van der Waals surface area (Å²) < 4.78 is 0. The zero-order valence-corrected chi connectivity index (χ0v) is 14.6. The highest BCUT2D eigenvalue weighted by atomic mass is 16.3. The Bertz CT molecular complexity index is 871. The van der Waals surface area contributed by atoms with Crippen molar-refractivity contribution in [1.29, 1.82) is 0 Å². The molecule has 0 aliphatic carbocycles. The molecule has 3 aromatic rings. The van der Waals surface area contributed by atoms with Gasteiger partial charge in [0, 0.05) is 13.1 Å². The van der Waals surface area contributed by atoms with E-state index >= 15 is 0 Å². The van der Waals surface area contributed by atoms with E-state index < -0.39 is 0 Å². The lowest BCUT2D eigenvalue weighted by molar-refractivity contribution is -0.131. The van der Waals surface area contributed by atoms with Crippen LogP contribution in [-0.2, 0) is 24.4 Å². The molecule has 0 radical (unpaired) electrons. The number of rotatable bonds is 5. The molecule has 1 unspecified atom stereocenters. The summed E-state index contributed by atoms with van der Waals surface area (Å²) in [6, 6.07) is 15.7. The van der Waals surface area contributed by atoms with Gasteiger partial charge in [0.1, 0.15) is 17.6 Å². The highest BCUT2D eigenvalue weighted by Crippen LogP contribution is 2.21. The fourth-order valence-corrected chi connectivity index (χ4v) is 3.54. The van der Waals surface area contributed by atoms with Crippen molar-refractivity contribution in [3.63, 3.8) is 0 Å². The quantitative estimate of drug-likeness (QED) is 0.764. The lowest BCUT2D eigenvalue weighted by Crippen LogP contribution is -2.32. The first-order chi connectivity index (χ1) is 12.7. The van der Waals surface area contributed by atoms with E-state index in [0.29, 0.717) is 5.92 Å². The van der Waals surface area contributed by atoms with Crippen LogP contribution in [0.3, 0.4) is 0 Å². The van der Waals surface area contributed by atoms with Crippen molar-refractivity contribution in [2.24, 2.45) is 5.92 Å². The fraction of sp³-hybridized carbons (Fsp3) is 0.350. The summed E-state index contributed by atoms with van der Waals surface area (Å²) in [6.07, 6.45) is 1.97. The van der Waals surface area contributed by atoms with Gasteiger partial charge in [0.05, 0.1) is 6.61 Å². The lowest BCUT2D eigenvalue weighted by atomic mass is 9.98. The normalized spacial score (nSPS) is 17.1. The van der Waals surface area contributed by atoms with Gasteiger partial charge in [-0.3, -0.25) is 4.79 Å². The van der Waals surface area contributed by atoms with E-state index in [1.54, 1.807) is 0 Å². The number of hydrogen-bond acceptors (Lipinski definition) is 4. The van der Waals surface area contributed by atoms with Crippen molar-refractivity contribution in [2.45, 2.75) is 26.0 Å². The molecule has 0 spiro atoms. The van der Waals surface area contributed by atoms with Crippen molar-refractivity contribution < 1.29 is 9.90 Å². The van der Waals surface area contributed by atoms with Gasteiger partial charge in [0.25, 0.3) is 0 Å². The van der Waals surface area contributed by atoms with Gasteiger partial charge in [-0.2, -0.15) is 15.0 Å². The van der Waals surface area contributed by atoms with Crippen molar-refractivity contribution in [3.05, 3.63) is 59.7 Å². The molecule has 26 heavy (non-hydrogen) atoms. The van der Waals surface area contributed by atoms with Crippen molar-refractivity contribution in [2.75, 3.05) is 13.1 Å². The minimum Gasteiger partial charge on any atom is -0.392 e. The minimum atomic E-state index is 0.0719. The van der Waals surface area contributed by atoms with E-state index in [4.69, 9.17) is 5.11 Å². The van der Waals surface area contributed by atoms with E-state index in [-0.39, 0.29) is 19.1 Å². The number of aliphatic hydroxyl groups is 1. The maximum Gasteiger partial charge on any atom is 0.246 e. The Balaban J connectivity index is 1.34. The first-order valence-electron chi connectivity index (χ1n) is 8.97. The second-order valence-corrected chi connectivity index (χ2v) is 6.89. The molecule has 2 aromatic carbocycles. The first-order valence-corrected chi connectivity index (χ1v) is 8.97. The van der Waals surface area contributed by atoms with Gasteiger partial charge in [0.2, 0.25) is 5.91 Å². The topological polar surface area (TPSA) is 71.2 Å². The fourth-order valence-electron chi connectivity index (χ4n) is 3.54. The Morgan fingerprint density at radius 2 is 1.69 bits per heavy atom. The summed E-state index contributed by atoms with van der Waals surface area (Å²) in [5, 5.41) is 17.8. The molecule has 2 heterocycles. The molecule has 1 aliphatic heterocycles. The molecule has 1 fully saturated rings. The number of carbonyl (C=O) groups excluding carboxylic acids is 1. The number of aromatic nitrogens is 3. The van der Waals surface area contributed by atoms with E-state index in [1.807, 2.05) is 41.3 Å². The summed E-state index contributed by atoms with van der Waals surface area (Å²) in [6.45, 7) is 1.83. The van der Waals surface area contributed by atoms with E-state index in [2.05, 4.69) is 22.3 Å². The number of benzene rings is 2. The molecule has 1 saturated heterocycles. The van der Waals surface area contributed by atoms with Gasteiger partial charge in [-0.05, 0) is 42.0 Å². The molecule has 1 aliphatic rings. The Morgan fingerprint density at radius 1 is 1.04 bits per heavy atom. The average molecular weight is 350 g/mol. The predicted octanol–water partition coefficient (Wildman–Crippen LogP) is 2.01. The van der Waals surface area contributed by atoms with E-state index in [0.717, 1.165) is 42.5 Å². The van der Waals surface area contributed by atoms with Gasteiger partial charge in [-0.15, -0.1) is 0 Å². The maximum atomic E-state index is 12.6. The summed E-state index contributed by atoms with van der Waals surface area (Å²) in [4.78, 5) is 16.0. The number of aliphatic hydroxyl groups excluding tert-OH is 1. The van der Waals surface area contributed by atoms with Crippen LogP contribution in [0.15, 0.2) is 48.5 Å². The van der Waals surface area contributed by atoms with Crippen molar-refractivity contribution in [3.8, 4) is 0 Å². The summed E-state index contributed by atoms with van der Waals surface area (Å²) in [5.74, 6) is 0.548. The second kappa shape index (κ2) is 7.25.